The van der Waals surface area contributed by atoms with Crippen molar-refractivity contribution in [2.45, 2.75) is 6.92 Å². The second kappa shape index (κ2) is 3.65. The second-order valence-corrected chi connectivity index (χ2v) is 3.17. The molecule has 0 aliphatic heterocycles. The Morgan fingerprint density at radius 3 is 2.53 bits per heavy atom. The quantitative estimate of drug-likeness (QED) is 0.708. The van der Waals surface area contributed by atoms with E-state index >= 15 is 0 Å². The van der Waals surface area contributed by atoms with Crippen molar-refractivity contribution >= 4 is 0 Å². The minimum atomic E-state index is -0.752. The maximum Gasteiger partial charge on any atom is 0.291 e. The van der Waals surface area contributed by atoms with Crippen LogP contribution in [0.4, 0.5) is 4.39 Å². The molecule has 0 saturated carbocycles. The van der Waals surface area contributed by atoms with E-state index in [2.05, 4.69) is 4.98 Å². The zero-order valence-corrected chi connectivity index (χ0v) is 8.14. The van der Waals surface area contributed by atoms with Gasteiger partial charge in [-0.2, -0.15) is 0 Å². The highest BCUT2D eigenvalue weighted by Gasteiger charge is 2.06. The molecule has 0 bridgehead atoms. The van der Waals surface area contributed by atoms with Crippen LogP contribution >= 0.6 is 0 Å². The van der Waals surface area contributed by atoms with Gasteiger partial charge < -0.3 is 0 Å². The summed E-state index contributed by atoms with van der Waals surface area (Å²) < 4.78 is 14.4. The number of hydrogen-bond acceptors (Lipinski definition) is 2. The van der Waals surface area contributed by atoms with E-state index in [1.54, 1.807) is 37.5 Å². The molecule has 3 nitrogen and oxygen atoms in total. The predicted octanol–water partition coefficient (Wildman–Crippen LogP) is 1.68. The Morgan fingerprint density at radius 1 is 1.20 bits per heavy atom. The summed E-state index contributed by atoms with van der Waals surface area (Å²) in [6, 6.07) is 6.06. The Hall–Kier alpha value is -1.97. The number of rotatable bonds is 1. The van der Waals surface area contributed by atoms with Gasteiger partial charge in [-0.05, 0) is 31.2 Å². The number of hydrogen-bond donors (Lipinski definition) is 0. The standard InChI is InChI=1S/C11H9FN2O/c1-8-2-3-10(12)11(15)14(8)9-4-6-13-7-5-9/h2-7H,1H3. The molecule has 4 heteroatoms. The highest BCUT2D eigenvalue weighted by atomic mass is 19.1. The van der Waals surface area contributed by atoms with Crippen molar-refractivity contribution in [3.63, 3.8) is 0 Å². The highest BCUT2D eigenvalue weighted by Crippen LogP contribution is 2.06. The summed E-state index contributed by atoms with van der Waals surface area (Å²) in [7, 11) is 0. The van der Waals surface area contributed by atoms with Gasteiger partial charge in [0.05, 0.1) is 5.69 Å². The number of nitrogens with zero attached hydrogens (tertiary/aromatic N) is 2. The Kier molecular flexibility index (Phi) is 2.33. The first-order valence-corrected chi connectivity index (χ1v) is 4.49. The van der Waals surface area contributed by atoms with Gasteiger partial charge in [-0.3, -0.25) is 14.3 Å². The third-order valence-electron chi connectivity index (χ3n) is 2.15. The van der Waals surface area contributed by atoms with Crippen LogP contribution in [0.2, 0.25) is 0 Å². The van der Waals surface area contributed by atoms with Gasteiger partial charge in [0.2, 0.25) is 0 Å². The first kappa shape index (κ1) is 9.58. The Labute approximate surface area is 85.8 Å². The van der Waals surface area contributed by atoms with E-state index in [0.717, 1.165) is 0 Å². The SMILES string of the molecule is Cc1ccc(F)c(=O)n1-c1ccncc1. The molecule has 0 atom stereocenters. The minimum Gasteiger partial charge on any atom is -0.279 e. The average molecular weight is 204 g/mol. The Bertz CT molecular complexity index is 534. The van der Waals surface area contributed by atoms with Crippen LogP contribution in [0.5, 0.6) is 0 Å². The van der Waals surface area contributed by atoms with Crippen LogP contribution in [0.3, 0.4) is 0 Å². The van der Waals surface area contributed by atoms with E-state index in [4.69, 9.17) is 0 Å². The maximum absolute atomic E-state index is 13.1. The van der Waals surface area contributed by atoms with E-state index in [-0.39, 0.29) is 0 Å². The molecule has 0 amide bonds. The lowest BCUT2D eigenvalue weighted by molar-refractivity contribution is 0.597. The van der Waals surface area contributed by atoms with E-state index in [1.165, 1.54) is 10.6 Å². The zero-order chi connectivity index (χ0) is 10.8. The number of aromatic nitrogens is 2. The molecule has 2 rings (SSSR count). The summed E-state index contributed by atoms with van der Waals surface area (Å²) >= 11 is 0. The predicted molar refractivity (Wildman–Crippen MR) is 54.5 cm³/mol. The van der Waals surface area contributed by atoms with Gasteiger partial charge in [-0.15, -0.1) is 0 Å². The summed E-state index contributed by atoms with van der Waals surface area (Å²) in [5.74, 6) is -0.752. The van der Waals surface area contributed by atoms with Gasteiger partial charge in [0.15, 0.2) is 5.82 Å². The fourth-order valence-electron chi connectivity index (χ4n) is 1.42. The van der Waals surface area contributed by atoms with Gasteiger partial charge in [0.25, 0.3) is 5.56 Å². The topological polar surface area (TPSA) is 34.9 Å². The fraction of sp³-hybridized carbons (Fsp3) is 0.0909. The number of pyridine rings is 2. The van der Waals surface area contributed by atoms with Crippen LogP contribution < -0.4 is 5.56 Å². The number of aryl methyl sites for hydroxylation is 1. The molecule has 76 valence electrons. The van der Waals surface area contributed by atoms with Crippen LogP contribution in [0.25, 0.3) is 5.69 Å². The average Bonchev–Trinajstić information content (AvgIpc) is 2.26. The first-order chi connectivity index (χ1) is 7.20. The summed E-state index contributed by atoms with van der Waals surface area (Å²) in [5.41, 5.74) is 0.667. The van der Waals surface area contributed by atoms with Crippen molar-refractivity contribution < 1.29 is 4.39 Å². The lowest BCUT2D eigenvalue weighted by Gasteiger charge is -2.08. The van der Waals surface area contributed by atoms with Crippen molar-refractivity contribution in [3.05, 3.63) is 58.5 Å². The summed E-state index contributed by atoms with van der Waals surface area (Å²) in [4.78, 5) is 15.4. The number of halogens is 1. The minimum absolute atomic E-state index is 0.618. The van der Waals surface area contributed by atoms with Crippen molar-refractivity contribution in [2.75, 3.05) is 0 Å². The normalized spacial score (nSPS) is 10.3. The van der Waals surface area contributed by atoms with E-state index in [0.29, 0.717) is 11.4 Å². The van der Waals surface area contributed by atoms with Gasteiger partial charge in [-0.25, -0.2) is 4.39 Å². The molecule has 2 aromatic rings. The van der Waals surface area contributed by atoms with Gasteiger partial charge in [0.1, 0.15) is 0 Å². The van der Waals surface area contributed by atoms with Crippen LogP contribution in [0, 0.1) is 12.7 Å². The molecule has 2 aromatic heterocycles. The molecule has 0 radical (unpaired) electrons. The molecule has 0 spiro atoms. The zero-order valence-electron chi connectivity index (χ0n) is 8.14. The summed E-state index contributed by atoms with van der Waals surface area (Å²) in [6.07, 6.45) is 3.12. The van der Waals surface area contributed by atoms with Crippen molar-refractivity contribution in [2.24, 2.45) is 0 Å². The van der Waals surface area contributed by atoms with Crippen LogP contribution in [0.15, 0.2) is 41.5 Å². The highest BCUT2D eigenvalue weighted by molar-refractivity contribution is 5.32. The maximum atomic E-state index is 13.1. The molecule has 0 fully saturated rings. The van der Waals surface area contributed by atoms with E-state index in [9.17, 15) is 9.18 Å². The third-order valence-corrected chi connectivity index (χ3v) is 2.15. The van der Waals surface area contributed by atoms with E-state index < -0.39 is 11.4 Å². The third kappa shape index (κ3) is 1.66. The Morgan fingerprint density at radius 2 is 1.87 bits per heavy atom. The smallest absolute Gasteiger partial charge is 0.279 e. The molecule has 0 saturated heterocycles. The molecule has 0 aromatic carbocycles. The van der Waals surface area contributed by atoms with Crippen LogP contribution in [0.1, 0.15) is 5.69 Å². The molecule has 0 aliphatic carbocycles. The molecular weight excluding hydrogens is 195 g/mol. The van der Waals surface area contributed by atoms with Gasteiger partial charge in [0, 0.05) is 18.1 Å². The summed E-state index contributed by atoms with van der Waals surface area (Å²) in [6.45, 7) is 1.75. The molecule has 0 N–H and O–H groups in total. The second-order valence-electron chi connectivity index (χ2n) is 3.17. The molecule has 2 heterocycles. The summed E-state index contributed by atoms with van der Waals surface area (Å²) in [5, 5.41) is 0. The molecular formula is C11H9FN2O. The lowest BCUT2D eigenvalue weighted by Crippen LogP contribution is -2.22. The molecule has 0 unspecified atom stereocenters. The molecule has 0 aliphatic rings. The fourth-order valence-corrected chi connectivity index (χ4v) is 1.42. The van der Waals surface area contributed by atoms with Gasteiger partial charge in [-0.1, -0.05) is 0 Å². The Balaban J connectivity index is 2.73. The van der Waals surface area contributed by atoms with Crippen LogP contribution in [-0.4, -0.2) is 9.55 Å². The van der Waals surface area contributed by atoms with Crippen molar-refractivity contribution in [1.82, 2.24) is 9.55 Å². The van der Waals surface area contributed by atoms with Gasteiger partial charge >= 0.3 is 0 Å². The van der Waals surface area contributed by atoms with Crippen molar-refractivity contribution in [1.29, 1.82) is 0 Å². The molecule has 15 heavy (non-hydrogen) atoms. The lowest BCUT2D eigenvalue weighted by atomic mass is 10.3. The monoisotopic (exact) mass is 204 g/mol. The van der Waals surface area contributed by atoms with Crippen molar-refractivity contribution in [3.8, 4) is 5.69 Å². The van der Waals surface area contributed by atoms with E-state index in [1.807, 2.05) is 0 Å². The largest absolute Gasteiger partial charge is 0.291 e. The first-order valence-electron chi connectivity index (χ1n) is 4.49. The van der Waals surface area contributed by atoms with Crippen LogP contribution in [-0.2, 0) is 0 Å².